The van der Waals surface area contributed by atoms with E-state index in [0.717, 1.165) is 17.9 Å². The maximum Gasteiger partial charge on any atom is 0.0360 e. The van der Waals surface area contributed by atoms with Crippen LogP contribution in [0.2, 0.25) is 0 Å². The molecule has 1 aromatic carbocycles. The number of nitrogen functional groups attached to an aromatic ring is 1. The van der Waals surface area contributed by atoms with Crippen LogP contribution in [-0.4, -0.2) is 6.54 Å². The number of hydrogen-bond acceptors (Lipinski definition) is 2. The van der Waals surface area contributed by atoms with Crippen LogP contribution < -0.4 is 11.1 Å². The Morgan fingerprint density at radius 3 is 2.80 bits per heavy atom. The van der Waals surface area contributed by atoms with E-state index in [4.69, 9.17) is 5.73 Å². The monoisotopic (exact) mass is 204 g/mol. The Hall–Kier alpha value is -1.18. The summed E-state index contributed by atoms with van der Waals surface area (Å²) in [5, 5.41) is 3.49. The fraction of sp³-hybridized carbons (Fsp3) is 0.538. The van der Waals surface area contributed by atoms with Crippen LogP contribution in [0.15, 0.2) is 24.3 Å². The van der Waals surface area contributed by atoms with Gasteiger partial charge in [0, 0.05) is 17.9 Å². The molecular weight excluding hydrogens is 184 g/mol. The van der Waals surface area contributed by atoms with E-state index in [1.807, 2.05) is 18.2 Å². The van der Waals surface area contributed by atoms with Crippen LogP contribution in [0.3, 0.4) is 0 Å². The average molecular weight is 204 g/mol. The van der Waals surface area contributed by atoms with Gasteiger partial charge in [-0.05, 0) is 42.9 Å². The smallest absolute Gasteiger partial charge is 0.0360 e. The van der Waals surface area contributed by atoms with Crippen LogP contribution in [-0.2, 0) is 0 Å². The molecule has 0 saturated heterocycles. The van der Waals surface area contributed by atoms with E-state index in [-0.39, 0.29) is 0 Å². The lowest BCUT2D eigenvalue weighted by Crippen LogP contribution is -2.15. The fourth-order valence-corrected chi connectivity index (χ4v) is 2.16. The van der Waals surface area contributed by atoms with Gasteiger partial charge in [0.1, 0.15) is 0 Å². The molecule has 0 atom stereocenters. The SMILES string of the molecule is CCCC1(CNc2cccc(N)c2)CC1. The van der Waals surface area contributed by atoms with Crippen molar-refractivity contribution >= 4 is 11.4 Å². The van der Waals surface area contributed by atoms with Crippen molar-refractivity contribution in [1.82, 2.24) is 0 Å². The Kier molecular flexibility index (Phi) is 2.85. The van der Waals surface area contributed by atoms with E-state index in [1.54, 1.807) is 0 Å². The van der Waals surface area contributed by atoms with Crippen molar-refractivity contribution in [1.29, 1.82) is 0 Å². The molecule has 1 aliphatic carbocycles. The molecule has 1 aromatic rings. The summed E-state index contributed by atoms with van der Waals surface area (Å²) in [6, 6.07) is 8.00. The van der Waals surface area contributed by atoms with Crippen LogP contribution in [0.25, 0.3) is 0 Å². The van der Waals surface area contributed by atoms with Crippen molar-refractivity contribution in [3.8, 4) is 0 Å². The molecule has 0 spiro atoms. The average Bonchev–Trinajstić information content (AvgIpc) is 2.97. The lowest BCUT2D eigenvalue weighted by atomic mass is 10.0. The third kappa shape index (κ3) is 2.65. The van der Waals surface area contributed by atoms with Gasteiger partial charge in [0.15, 0.2) is 0 Å². The highest BCUT2D eigenvalue weighted by Crippen LogP contribution is 2.49. The van der Waals surface area contributed by atoms with Gasteiger partial charge in [-0.15, -0.1) is 0 Å². The topological polar surface area (TPSA) is 38.0 Å². The van der Waals surface area contributed by atoms with Gasteiger partial charge in [-0.2, -0.15) is 0 Å². The first-order valence-corrected chi connectivity index (χ1v) is 5.83. The number of anilines is 2. The number of nitrogens with one attached hydrogen (secondary N) is 1. The summed E-state index contributed by atoms with van der Waals surface area (Å²) < 4.78 is 0. The first-order valence-electron chi connectivity index (χ1n) is 5.83. The molecule has 1 fully saturated rings. The van der Waals surface area contributed by atoms with E-state index >= 15 is 0 Å². The minimum absolute atomic E-state index is 0.597. The largest absolute Gasteiger partial charge is 0.399 e. The fourth-order valence-electron chi connectivity index (χ4n) is 2.16. The summed E-state index contributed by atoms with van der Waals surface area (Å²) >= 11 is 0. The second-order valence-electron chi connectivity index (χ2n) is 4.73. The van der Waals surface area contributed by atoms with Crippen LogP contribution in [0.5, 0.6) is 0 Å². The molecule has 2 heteroatoms. The molecule has 0 bridgehead atoms. The minimum Gasteiger partial charge on any atom is -0.399 e. The van der Waals surface area contributed by atoms with Crippen molar-refractivity contribution in [2.45, 2.75) is 32.6 Å². The van der Waals surface area contributed by atoms with Gasteiger partial charge < -0.3 is 11.1 Å². The van der Waals surface area contributed by atoms with E-state index in [9.17, 15) is 0 Å². The second kappa shape index (κ2) is 4.13. The molecule has 1 saturated carbocycles. The molecule has 0 radical (unpaired) electrons. The Balaban J connectivity index is 1.88. The molecule has 0 unspecified atom stereocenters. The number of hydrogen-bond donors (Lipinski definition) is 2. The zero-order valence-electron chi connectivity index (χ0n) is 9.42. The predicted molar refractivity (Wildman–Crippen MR) is 65.9 cm³/mol. The van der Waals surface area contributed by atoms with Gasteiger partial charge in [0.2, 0.25) is 0 Å². The molecule has 3 N–H and O–H groups in total. The normalized spacial score (nSPS) is 17.4. The molecule has 0 amide bonds. The summed E-state index contributed by atoms with van der Waals surface area (Å²) in [7, 11) is 0. The van der Waals surface area contributed by atoms with Crippen LogP contribution in [0.4, 0.5) is 11.4 Å². The van der Waals surface area contributed by atoms with Crippen molar-refractivity contribution < 1.29 is 0 Å². The Morgan fingerprint density at radius 1 is 1.40 bits per heavy atom. The summed E-state index contributed by atoms with van der Waals surface area (Å²) in [6.45, 7) is 3.37. The van der Waals surface area contributed by atoms with Crippen molar-refractivity contribution in [3.05, 3.63) is 24.3 Å². The van der Waals surface area contributed by atoms with E-state index in [2.05, 4.69) is 18.3 Å². The van der Waals surface area contributed by atoms with Crippen LogP contribution >= 0.6 is 0 Å². The van der Waals surface area contributed by atoms with Crippen molar-refractivity contribution in [3.63, 3.8) is 0 Å². The third-order valence-corrected chi connectivity index (χ3v) is 3.29. The summed E-state index contributed by atoms with van der Waals surface area (Å²) in [5.74, 6) is 0. The molecule has 0 aromatic heterocycles. The van der Waals surface area contributed by atoms with Crippen molar-refractivity contribution in [2.24, 2.45) is 5.41 Å². The highest BCUT2D eigenvalue weighted by Gasteiger charge is 2.40. The number of rotatable bonds is 5. The minimum atomic E-state index is 0.597. The molecule has 15 heavy (non-hydrogen) atoms. The molecule has 2 rings (SSSR count). The molecule has 1 aliphatic rings. The lowest BCUT2D eigenvalue weighted by molar-refractivity contribution is 0.486. The zero-order valence-corrected chi connectivity index (χ0v) is 9.42. The third-order valence-electron chi connectivity index (χ3n) is 3.29. The van der Waals surface area contributed by atoms with Crippen molar-refractivity contribution in [2.75, 3.05) is 17.6 Å². The van der Waals surface area contributed by atoms with Gasteiger partial charge in [-0.3, -0.25) is 0 Å². The van der Waals surface area contributed by atoms with E-state index in [0.29, 0.717) is 5.41 Å². The molecule has 0 heterocycles. The van der Waals surface area contributed by atoms with Gasteiger partial charge in [-0.25, -0.2) is 0 Å². The number of nitrogens with two attached hydrogens (primary N) is 1. The predicted octanol–water partition coefficient (Wildman–Crippen LogP) is 3.26. The highest BCUT2D eigenvalue weighted by atomic mass is 14.9. The molecule has 2 nitrogen and oxygen atoms in total. The Labute approximate surface area is 91.9 Å². The van der Waals surface area contributed by atoms with E-state index in [1.165, 1.54) is 25.7 Å². The highest BCUT2D eigenvalue weighted by molar-refractivity contribution is 5.54. The summed E-state index contributed by atoms with van der Waals surface area (Å²) in [5.41, 5.74) is 8.31. The Morgan fingerprint density at radius 2 is 2.20 bits per heavy atom. The second-order valence-corrected chi connectivity index (χ2v) is 4.73. The quantitative estimate of drug-likeness (QED) is 0.722. The van der Waals surface area contributed by atoms with Crippen LogP contribution in [0.1, 0.15) is 32.6 Å². The number of benzene rings is 1. The van der Waals surface area contributed by atoms with Gasteiger partial charge in [0.05, 0.1) is 0 Å². The maximum atomic E-state index is 5.73. The standard InChI is InChI=1S/C13H20N2/c1-2-6-13(7-8-13)10-15-12-5-3-4-11(14)9-12/h3-5,9,15H,2,6-8,10,14H2,1H3. The van der Waals surface area contributed by atoms with Gasteiger partial charge in [-0.1, -0.05) is 19.4 Å². The Bertz CT molecular complexity index is 329. The van der Waals surface area contributed by atoms with Gasteiger partial charge in [0.25, 0.3) is 0 Å². The first kappa shape index (κ1) is 10.3. The van der Waals surface area contributed by atoms with E-state index < -0.39 is 0 Å². The lowest BCUT2D eigenvalue weighted by Gasteiger charge is -2.15. The summed E-state index contributed by atoms with van der Waals surface area (Å²) in [4.78, 5) is 0. The van der Waals surface area contributed by atoms with Gasteiger partial charge >= 0.3 is 0 Å². The van der Waals surface area contributed by atoms with Crippen LogP contribution in [0, 0.1) is 5.41 Å². The zero-order chi connectivity index (χ0) is 10.7. The molecule has 82 valence electrons. The maximum absolute atomic E-state index is 5.73. The molecule has 0 aliphatic heterocycles. The first-order chi connectivity index (χ1) is 7.24. The molecular formula is C13H20N2. The summed E-state index contributed by atoms with van der Waals surface area (Å²) in [6.07, 6.45) is 5.41.